The summed E-state index contributed by atoms with van der Waals surface area (Å²) in [4.78, 5) is 11.9. The molecule has 0 aliphatic heterocycles. The van der Waals surface area contributed by atoms with Gasteiger partial charge in [-0.2, -0.15) is 13.9 Å². The molecule has 0 atom stereocenters. The number of amides is 1. The highest BCUT2D eigenvalue weighted by molar-refractivity contribution is 5.99. The van der Waals surface area contributed by atoms with E-state index in [0.717, 1.165) is 11.1 Å². The van der Waals surface area contributed by atoms with E-state index >= 15 is 0 Å². The molecule has 0 heterocycles. The largest absolute Gasteiger partial charge is 0.483 e. The monoisotopic (exact) mass is 362 g/mol. The number of carbonyl (C=O) groups excluding carboxylic acids is 1. The van der Waals surface area contributed by atoms with E-state index in [4.69, 9.17) is 4.74 Å². The van der Waals surface area contributed by atoms with Gasteiger partial charge in [-0.3, -0.25) is 4.79 Å². The zero-order valence-corrected chi connectivity index (χ0v) is 14.8. The molecule has 2 rings (SSSR count). The molecule has 26 heavy (non-hydrogen) atoms. The van der Waals surface area contributed by atoms with Gasteiger partial charge >= 0.3 is 6.61 Å². The van der Waals surface area contributed by atoms with Crippen LogP contribution in [0, 0.1) is 13.8 Å². The first-order chi connectivity index (χ1) is 12.3. The van der Waals surface area contributed by atoms with Crippen molar-refractivity contribution >= 4 is 11.6 Å². The van der Waals surface area contributed by atoms with E-state index in [9.17, 15) is 13.6 Å². The van der Waals surface area contributed by atoms with Crippen molar-refractivity contribution in [3.05, 3.63) is 59.2 Å². The van der Waals surface area contributed by atoms with Crippen LogP contribution in [0.25, 0.3) is 0 Å². The van der Waals surface area contributed by atoms with Crippen molar-refractivity contribution < 1.29 is 23.0 Å². The average Bonchev–Trinajstić information content (AvgIpc) is 2.60. The van der Waals surface area contributed by atoms with E-state index in [2.05, 4.69) is 15.3 Å². The van der Waals surface area contributed by atoms with Crippen LogP contribution in [-0.2, 0) is 4.79 Å². The fourth-order valence-electron chi connectivity index (χ4n) is 2.13. The molecule has 0 unspecified atom stereocenters. The summed E-state index contributed by atoms with van der Waals surface area (Å²) in [5.74, 6) is 0.306. The number of hydrazone groups is 1. The molecule has 138 valence electrons. The maximum absolute atomic E-state index is 12.1. The molecule has 0 fully saturated rings. The minimum atomic E-state index is -2.87. The number of ether oxygens (including phenoxy) is 2. The Kier molecular flexibility index (Phi) is 6.66. The first kappa shape index (κ1) is 19.4. The number of rotatable bonds is 7. The van der Waals surface area contributed by atoms with Crippen molar-refractivity contribution in [2.75, 3.05) is 6.61 Å². The van der Waals surface area contributed by atoms with Crippen LogP contribution in [0.15, 0.2) is 47.6 Å². The van der Waals surface area contributed by atoms with Crippen LogP contribution in [0.3, 0.4) is 0 Å². The van der Waals surface area contributed by atoms with E-state index in [-0.39, 0.29) is 12.4 Å². The number of benzene rings is 2. The van der Waals surface area contributed by atoms with Crippen LogP contribution in [0.5, 0.6) is 11.5 Å². The zero-order valence-electron chi connectivity index (χ0n) is 14.8. The van der Waals surface area contributed by atoms with Crippen molar-refractivity contribution in [1.29, 1.82) is 0 Å². The van der Waals surface area contributed by atoms with E-state index < -0.39 is 12.5 Å². The first-order valence-electron chi connectivity index (χ1n) is 7.93. The standard InChI is InChI=1S/C19H20F2N2O3/c1-12-4-5-13(2)17(10-12)25-11-18(24)23-22-14(3)15-6-8-16(9-7-15)26-19(20)21/h4-10,19H,11H2,1-3H3,(H,23,24)/b22-14+. The van der Waals surface area contributed by atoms with Crippen molar-refractivity contribution in [2.45, 2.75) is 27.4 Å². The molecule has 1 amide bonds. The van der Waals surface area contributed by atoms with Gasteiger partial charge in [-0.15, -0.1) is 0 Å². The summed E-state index contributed by atoms with van der Waals surface area (Å²) in [7, 11) is 0. The second-order valence-electron chi connectivity index (χ2n) is 5.69. The number of hydrogen-bond donors (Lipinski definition) is 1. The summed E-state index contributed by atoms with van der Waals surface area (Å²) in [5, 5.41) is 3.99. The normalized spacial score (nSPS) is 11.4. The van der Waals surface area contributed by atoms with Gasteiger partial charge in [0.1, 0.15) is 11.5 Å². The fourth-order valence-corrected chi connectivity index (χ4v) is 2.13. The Balaban J connectivity index is 1.89. The highest BCUT2D eigenvalue weighted by Crippen LogP contribution is 2.19. The maximum atomic E-state index is 12.1. The number of hydrogen-bond acceptors (Lipinski definition) is 4. The van der Waals surface area contributed by atoms with Crippen molar-refractivity contribution in [3.8, 4) is 11.5 Å². The Labute approximate surface area is 150 Å². The molecule has 0 saturated heterocycles. The zero-order chi connectivity index (χ0) is 19.1. The molecule has 0 saturated carbocycles. The smallest absolute Gasteiger partial charge is 0.387 e. The molecule has 0 radical (unpaired) electrons. The van der Waals surface area contributed by atoms with Crippen LogP contribution in [0.2, 0.25) is 0 Å². The van der Waals surface area contributed by atoms with Crippen molar-refractivity contribution in [3.63, 3.8) is 0 Å². The summed E-state index contributed by atoms with van der Waals surface area (Å²) < 4.78 is 34.0. The average molecular weight is 362 g/mol. The number of nitrogens with one attached hydrogen (secondary N) is 1. The number of halogens is 2. The predicted molar refractivity (Wildman–Crippen MR) is 94.8 cm³/mol. The van der Waals surface area contributed by atoms with Gasteiger partial charge in [-0.25, -0.2) is 5.43 Å². The minimum Gasteiger partial charge on any atom is -0.483 e. The van der Waals surface area contributed by atoms with Crippen LogP contribution < -0.4 is 14.9 Å². The maximum Gasteiger partial charge on any atom is 0.387 e. The van der Waals surface area contributed by atoms with Crippen molar-refractivity contribution in [2.24, 2.45) is 5.10 Å². The quantitative estimate of drug-likeness (QED) is 0.602. The first-order valence-corrected chi connectivity index (χ1v) is 7.93. The number of aryl methyl sites for hydroxylation is 2. The van der Waals surface area contributed by atoms with Gasteiger partial charge in [0.15, 0.2) is 6.61 Å². The summed E-state index contributed by atoms with van der Waals surface area (Å²) in [6.07, 6.45) is 0. The number of carbonyl (C=O) groups is 1. The van der Waals surface area contributed by atoms with E-state index in [1.807, 2.05) is 32.0 Å². The summed E-state index contributed by atoms with van der Waals surface area (Å²) in [6, 6.07) is 11.7. The lowest BCUT2D eigenvalue weighted by atomic mass is 10.1. The van der Waals surface area contributed by atoms with Gasteiger partial charge in [0.25, 0.3) is 5.91 Å². The van der Waals surface area contributed by atoms with E-state index in [1.54, 1.807) is 19.1 Å². The SMILES string of the molecule is C/C(=N\NC(=O)COc1cc(C)ccc1C)c1ccc(OC(F)F)cc1. The molecule has 0 spiro atoms. The molecule has 0 bridgehead atoms. The number of alkyl halides is 2. The van der Waals surface area contributed by atoms with Crippen LogP contribution in [0.4, 0.5) is 8.78 Å². The van der Waals surface area contributed by atoms with Crippen LogP contribution in [-0.4, -0.2) is 24.8 Å². The minimum absolute atomic E-state index is 0.0579. The fraction of sp³-hybridized carbons (Fsp3) is 0.263. The molecule has 0 aliphatic carbocycles. The third kappa shape index (κ3) is 5.84. The van der Waals surface area contributed by atoms with Gasteiger partial charge in [-0.05, 0) is 67.8 Å². The predicted octanol–water partition coefficient (Wildman–Crippen LogP) is 3.82. The van der Waals surface area contributed by atoms with Crippen molar-refractivity contribution in [1.82, 2.24) is 5.43 Å². The van der Waals surface area contributed by atoms with Gasteiger partial charge in [-0.1, -0.05) is 12.1 Å². The molecule has 5 nitrogen and oxygen atoms in total. The Morgan fingerprint density at radius 2 is 1.85 bits per heavy atom. The second-order valence-corrected chi connectivity index (χ2v) is 5.69. The lowest BCUT2D eigenvalue weighted by Gasteiger charge is -2.09. The van der Waals surface area contributed by atoms with Gasteiger partial charge in [0, 0.05) is 0 Å². The highest BCUT2D eigenvalue weighted by atomic mass is 19.3. The Bertz CT molecular complexity index is 790. The molecule has 2 aromatic carbocycles. The van der Waals surface area contributed by atoms with E-state index in [0.29, 0.717) is 17.0 Å². The van der Waals surface area contributed by atoms with Gasteiger partial charge < -0.3 is 9.47 Å². The molecular formula is C19H20F2N2O3. The lowest BCUT2D eigenvalue weighted by molar-refractivity contribution is -0.123. The Morgan fingerprint density at radius 3 is 2.50 bits per heavy atom. The third-order valence-electron chi connectivity index (χ3n) is 3.55. The molecule has 0 aromatic heterocycles. The molecule has 0 aliphatic rings. The van der Waals surface area contributed by atoms with Gasteiger partial charge in [0.05, 0.1) is 5.71 Å². The Morgan fingerprint density at radius 1 is 1.15 bits per heavy atom. The third-order valence-corrected chi connectivity index (χ3v) is 3.55. The number of nitrogens with zero attached hydrogens (tertiary/aromatic N) is 1. The molecule has 1 N–H and O–H groups in total. The molecule has 7 heteroatoms. The topological polar surface area (TPSA) is 59.9 Å². The summed E-state index contributed by atoms with van der Waals surface area (Å²) in [5.41, 5.74) is 5.58. The summed E-state index contributed by atoms with van der Waals surface area (Å²) in [6.45, 7) is 2.50. The van der Waals surface area contributed by atoms with Gasteiger partial charge in [0.2, 0.25) is 0 Å². The molecule has 2 aromatic rings. The van der Waals surface area contributed by atoms with E-state index in [1.165, 1.54) is 12.1 Å². The molecular weight excluding hydrogens is 342 g/mol. The second kappa shape index (κ2) is 8.94. The Hall–Kier alpha value is -2.96. The van der Waals surface area contributed by atoms with Crippen LogP contribution >= 0.6 is 0 Å². The highest BCUT2D eigenvalue weighted by Gasteiger charge is 2.07. The lowest BCUT2D eigenvalue weighted by Crippen LogP contribution is -2.25. The summed E-state index contributed by atoms with van der Waals surface area (Å²) >= 11 is 0. The van der Waals surface area contributed by atoms with Crippen LogP contribution in [0.1, 0.15) is 23.6 Å².